The fourth-order valence-electron chi connectivity index (χ4n) is 2.14. The molecule has 3 N–H and O–H groups in total. The number of amides is 1. The molecule has 0 unspecified atom stereocenters. The summed E-state index contributed by atoms with van der Waals surface area (Å²) in [6.45, 7) is 4.43. The first-order valence-corrected chi connectivity index (χ1v) is 6.81. The van der Waals surface area contributed by atoms with Crippen LogP contribution >= 0.6 is 12.4 Å². The Morgan fingerprint density at radius 3 is 2.29 bits per heavy atom. The van der Waals surface area contributed by atoms with Gasteiger partial charge in [0.25, 0.3) is 5.91 Å². The number of methoxy groups -OCH3 is 2. The van der Waals surface area contributed by atoms with E-state index in [1.807, 2.05) is 13.8 Å². The average Bonchev–Trinajstić information content (AvgIpc) is 2.51. The van der Waals surface area contributed by atoms with Crippen LogP contribution in [-0.4, -0.2) is 32.2 Å². The number of ether oxygens (including phenoxy) is 2. The van der Waals surface area contributed by atoms with E-state index in [4.69, 9.17) is 15.2 Å². The minimum absolute atomic E-state index is 0. The van der Waals surface area contributed by atoms with Crippen molar-refractivity contribution in [2.24, 2.45) is 5.73 Å². The van der Waals surface area contributed by atoms with Gasteiger partial charge in [-0.3, -0.25) is 4.79 Å². The van der Waals surface area contributed by atoms with Gasteiger partial charge in [-0.15, -0.1) is 12.4 Å². The summed E-state index contributed by atoms with van der Waals surface area (Å²) in [6.07, 6.45) is 1.55. The van der Waals surface area contributed by atoms with Gasteiger partial charge in [-0.05, 0) is 25.0 Å². The van der Waals surface area contributed by atoms with Crippen molar-refractivity contribution in [3.05, 3.63) is 23.8 Å². The Morgan fingerprint density at radius 2 is 1.86 bits per heavy atom. The summed E-state index contributed by atoms with van der Waals surface area (Å²) in [4.78, 5) is 12.5. The number of benzene rings is 1. The highest BCUT2D eigenvalue weighted by molar-refractivity contribution is 5.98. The van der Waals surface area contributed by atoms with Crippen LogP contribution in [0, 0.1) is 0 Å². The first-order chi connectivity index (χ1) is 9.57. The van der Waals surface area contributed by atoms with Gasteiger partial charge in [0.15, 0.2) is 11.5 Å². The molecule has 21 heavy (non-hydrogen) atoms. The molecule has 0 saturated carbocycles. The number of nitrogens with one attached hydrogen (secondary N) is 1. The maximum Gasteiger partial charge on any atom is 0.255 e. The number of carbonyl (C=O) groups is 1. The molecule has 0 aliphatic rings. The highest BCUT2D eigenvalue weighted by Gasteiger charge is 2.28. The summed E-state index contributed by atoms with van der Waals surface area (Å²) in [5.41, 5.74) is 5.88. The van der Waals surface area contributed by atoms with Crippen LogP contribution in [0.3, 0.4) is 0 Å². The molecule has 0 aliphatic carbocycles. The predicted octanol–water partition coefficient (Wildman–Crippen LogP) is 2.37. The molecule has 6 heteroatoms. The minimum Gasteiger partial charge on any atom is -0.493 e. The predicted molar refractivity (Wildman–Crippen MR) is 86.6 cm³/mol. The summed E-state index contributed by atoms with van der Waals surface area (Å²) >= 11 is 0. The zero-order valence-corrected chi connectivity index (χ0v) is 13.9. The molecule has 1 aromatic carbocycles. The summed E-state index contributed by atoms with van der Waals surface area (Å²) in [5, 5.41) is 3.02. The molecule has 0 atom stereocenters. The van der Waals surface area contributed by atoms with Crippen molar-refractivity contribution in [1.82, 2.24) is 5.32 Å². The Hall–Kier alpha value is -1.46. The van der Waals surface area contributed by atoms with E-state index < -0.39 is 0 Å². The van der Waals surface area contributed by atoms with Crippen LogP contribution in [0.25, 0.3) is 0 Å². The third-order valence-electron chi connectivity index (χ3n) is 3.77. The van der Waals surface area contributed by atoms with E-state index in [0.717, 1.165) is 12.8 Å². The van der Waals surface area contributed by atoms with E-state index in [2.05, 4.69) is 5.32 Å². The van der Waals surface area contributed by atoms with E-state index in [-0.39, 0.29) is 23.9 Å². The number of rotatable bonds is 7. The maximum atomic E-state index is 12.5. The first kappa shape index (κ1) is 19.5. The molecular weight excluding hydrogens is 292 g/mol. The lowest BCUT2D eigenvalue weighted by Gasteiger charge is -2.31. The molecule has 120 valence electrons. The van der Waals surface area contributed by atoms with Crippen LogP contribution in [0.4, 0.5) is 0 Å². The van der Waals surface area contributed by atoms with E-state index in [9.17, 15) is 4.79 Å². The number of hydrogen-bond donors (Lipinski definition) is 2. The van der Waals surface area contributed by atoms with Crippen LogP contribution < -0.4 is 20.5 Å². The topological polar surface area (TPSA) is 73.6 Å². The maximum absolute atomic E-state index is 12.5. The van der Waals surface area contributed by atoms with Gasteiger partial charge >= 0.3 is 0 Å². The zero-order chi connectivity index (χ0) is 15.2. The van der Waals surface area contributed by atoms with Crippen molar-refractivity contribution in [2.75, 3.05) is 20.8 Å². The number of para-hydroxylation sites is 1. The molecule has 1 aromatic rings. The van der Waals surface area contributed by atoms with Crippen molar-refractivity contribution < 1.29 is 14.3 Å². The molecule has 0 saturated heterocycles. The fourth-order valence-corrected chi connectivity index (χ4v) is 2.14. The fraction of sp³-hybridized carbons (Fsp3) is 0.533. The summed E-state index contributed by atoms with van der Waals surface area (Å²) in [6, 6.07) is 5.23. The Kier molecular flexibility index (Phi) is 8.14. The highest BCUT2D eigenvalue weighted by atomic mass is 35.5. The van der Waals surface area contributed by atoms with E-state index in [1.165, 1.54) is 7.11 Å². The number of nitrogens with two attached hydrogens (primary N) is 1. The lowest BCUT2D eigenvalue weighted by Crippen LogP contribution is -2.52. The summed E-state index contributed by atoms with van der Waals surface area (Å²) in [7, 11) is 3.06. The molecule has 0 bridgehead atoms. The Balaban J connectivity index is 0.00000400. The molecular formula is C15H25ClN2O3. The van der Waals surface area contributed by atoms with Gasteiger partial charge in [0.1, 0.15) is 0 Å². The smallest absolute Gasteiger partial charge is 0.255 e. The van der Waals surface area contributed by atoms with Crippen LogP contribution in [0.1, 0.15) is 37.0 Å². The minimum atomic E-state index is -0.384. The number of carbonyl (C=O) groups excluding carboxylic acids is 1. The van der Waals surface area contributed by atoms with Gasteiger partial charge in [-0.25, -0.2) is 0 Å². The second kappa shape index (κ2) is 8.74. The van der Waals surface area contributed by atoms with Gasteiger partial charge in [-0.1, -0.05) is 19.9 Å². The van der Waals surface area contributed by atoms with Crippen LogP contribution in [-0.2, 0) is 0 Å². The third kappa shape index (κ3) is 4.25. The van der Waals surface area contributed by atoms with Crippen molar-refractivity contribution in [3.8, 4) is 11.5 Å². The van der Waals surface area contributed by atoms with E-state index >= 15 is 0 Å². The van der Waals surface area contributed by atoms with Crippen LogP contribution in [0.15, 0.2) is 18.2 Å². The molecule has 0 heterocycles. The quantitative estimate of drug-likeness (QED) is 0.810. The lowest BCUT2D eigenvalue weighted by molar-refractivity contribution is 0.0891. The molecule has 1 amide bonds. The standard InChI is InChI=1S/C15H24N2O3.ClH/c1-5-15(6-2,10-16)17-14(18)11-8-7-9-12(19-3)13(11)20-4;/h7-9H,5-6,10,16H2,1-4H3,(H,17,18);1H. The SMILES string of the molecule is CCC(CC)(CN)NC(=O)c1cccc(OC)c1OC.Cl. The van der Waals surface area contributed by atoms with Gasteiger partial charge in [0.05, 0.1) is 25.3 Å². The third-order valence-corrected chi connectivity index (χ3v) is 3.77. The second-order valence-corrected chi connectivity index (χ2v) is 4.69. The van der Waals surface area contributed by atoms with Gasteiger partial charge in [0.2, 0.25) is 0 Å². The molecule has 0 aliphatic heterocycles. The molecule has 0 radical (unpaired) electrons. The average molecular weight is 317 g/mol. The lowest BCUT2D eigenvalue weighted by atomic mass is 9.92. The monoisotopic (exact) mass is 316 g/mol. The van der Waals surface area contributed by atoms with Gasteiger partial charge in [0, 0.05) is 6.54 Å². The molecule has 0 fully saturated rings. The second-order valence-electron chi connectivity index (χ2n) is 4.69. The molecule has 1 rings (SSSR count). The van der Waals surface area contributed by atoms with Crippen molar-refractivity contribution in [1.29, 1.82) is 0 Å². The number of hydrogen-bond acceptors (Lipinski definition) is 4. The van der Waals surface area contributed by atoms with E-state index in [0.29, 0.717) is 23.6 Å². The Bertz CT molecular complexity index is 454. The van der Waals surface area contributed by atoms with Gasteiger partial charge in [-0.2, -0.15) is 0 Å². The summed E-state index contributed by atoms with van der Waals surface area (Å²) < 4.78 is 10.5. The van der Waals surface area contributed by atoms with Crippen molar-refractivity contribution in [2.45, 2.75) is 32.2 Å². The highest BCUT2D eigenvalue weighted by Crippen LogP contribution is 2.31. The normalized spacial score (nSPS) is 10.5. The Labute approximate surface area is 132 Å². The zero-order valence-electron chi connectivity index (χ0n) is 13.1. The Morgan fingerprint density at radius 1 is 1.24 bits per heavy atom. The van der Waals surface area contributed by atoms with Crippen LogP contribution in [0.2, 0.25) is 0 Å². The van der Waals surface area contributed by atoms with E-state index in [1.54, 1.807) is 25.3 Å². The molecule has 5 nitrogen and oxygen atoms in total. The summed E-state index contributed by atoms with van der Waals surface area (Å²) in [5.74, 6) is 0.770. The first-order valence-electron chi connectivity index (χ1n) is 6.81. The van der Waals surface area contributed by atoms with Crippen molar-refractivity contribution in [3.63, 3.8) is 0 Å². The number of halogens is 1. The molecule has 0 spiro atoms. The van der Waals surface area contributed by atoms with Gasteiger partial charge < -0.3 is 20.5 Å². The largest absolute Gasteiger partial charge is 0.493 e. The van der Waals surface area contributed by atoms with Crippen LogP contribution in [0.5, 0.6) is 11.5 Å². The van der Waals surface area contributed by atoms with Crippen molar-refractivity contribution >= 4 is 18.3 Å². The molecule has 0 aromatic heterocycles.